The fraction of sp³-hybridized carbons (Fsp3) is 0.333. The summed E-state index contributed by atoms with van der Waals surface area (Å²) in [4.78, 5) is 41.3. The van der Waals surface area contributed by atoms with Crippen LogP contribution in [0, 0.1) is 10.1 Å². The molecule has 0 saturated carbocycles. The highest BCUT2D eigenvalue weighted by Gasteiger charge is 2.26. The van der Waals surface area contributed by atoms with E-state index in [1.54, 1.807) is 31.2 Å². The molecule has 12 heteroatoms. The van der Waals surface area contributed by atoms with Crippen molar-refractivity contribution in [2.24, 2.45) is 5.10 Å². The first-order chi connectivity index (χ1) is 17.1. The molecule has 0 aliphatic carbocycles. The van der Waals surface area contributed by atoms with Crippen LogP contribution >= 0.6 is 31.9 Å². The third-order valence-corrected chi connectivity index (χ3v) is 6.32. The van der Waals surface area contributed by atoms with Crippen molar-refractivity contribution in [2.45, 2.75) is 46.1 Å². The van der Waals surface area contributed by atoms with E-state index >= 15 is 0 Å². The van der Waals surface area contributed by atoms with Gasteiger partial charge in [0.25, 0.3) is 5.56 Å². The second-order valence-corrected chi connectivity index (χ2v) is 9.75. The van der Waals surface area contributed by atoms with Gasteiger partial charge in [-0.2, -0.15) is 9.78 Å². The van der Waals surface area contributed by atoms with Gasteiger partial charge in [0.15, 0.2) is 6.10 Å². The number of carbonyl (C=O) groups excluding carboxylic acids is 1. The lowest BCUT2D eigenvalue weighted by atomic mass is 10.1. The molecule has 0 aliphatic rings. The van der Waals surface area contributed by atoms with Crippen LogP contribution in [0.5, 0.6) is 5.75 Å². The molecule has 0 saturated heterocycles. The Kier molecular flexibility index (Phi) is 8.96. The van der Waals surface area contributed by atoms with Crippen molar-refractivity contribution in [3.05, 3.63) is 71.1 Å². The van der Waals surface area contributed by atoms with Crippen molar-refractivity contribution in [1.29, 1.82) is 0 Å². The number of carbonyl (C=O) groups is 1. The van der Waals surface area contributed by atoms with Crippen LogP contribution in [0.1, 0.15) is 51.4 Å². The molecule has 0 aliphatic heterocycles. The molecule has 0 fully saturated rings. The van der Waals surface area contributed by atoms with Gasteiger partial charge in [-0.15, -0.1) is 0 Å². The Hall–Kier alpha value is -3.12. The van der Waals surface area contributed by atoms with Crippen molar-refractivity contribution in [3.8, 4) is 5.75 Å². The summed E-state index contributed by atoms with van der Waals surface area (Å²) in [6.07, 6.45) is 0.872. The van der Waals surface area contributed by atoms with Crippen molar-refractivity contribution in [1.82, 2.24) is 9.66 Å². The molecular weight excluding hydrogens is 600 g/mol. The van der Waals surface area contributed by atoms with Crippen LogP contribution in [-0.2, 0) is 9.53 Å². The number of aromatic nitrogens is 2. The van der Waals surface area contributed by atoms with Gasteiger partial charge in [-0.3, -0.25) is 14.9 Å². The van der Waals surface area contributed by atoms with Crippen LogP contribution in [0.2, 0.25) is 0 Å². The number of halogens is 2. The molecule has 10 nitrogen and oxygen atoms in total. The number of ether oxygens (including phenoxy) is 2. The van der Waals surface area contributed by atoms with E-state index in [-0.39, 0.29) is 35.1 Å². The number of hydrogen-bond acceptors (Lipinski definition) is 8. The lowest BCUT2D eigenvalue weighted by Gasteiger charge is -2.16. The highest BCUT2D eigenvalue weighted by molar-refractivity contribution is 9.10. The van der Waals surface area contributed by atoms with Crippen LogP contribution in [0.3, 0.4) is 0 Å². The molecule has 190 valence electrons. The standard InChI is InChI=1S/C24H24Br2N4O6/c1-5-13(3)22-28-19-8-7-16(25)10-18(19)23(31)29(22)27-12-15-9-17(26)11-20(30(33)34)21(15)36-14(4)24(32)35-6-2/h7-14H,5-6H2,1-4H3/t13-,14-/m1/s1. The quantitative estimate of drug-likeness (QED) is 0.132. The molecule has 1 heterocycles. The van der Waals surface area contributed by atoms with Gasteiger partial charge in [0.2, 0.25) is 5.75 Å². The molecule has 0 radical (unpaired) electrons. The molecule has 0 amide bonds. The van der Waals surface area contributed by atoms with E-state index in [1.807, 2.05) is 13.8 Å². The maximum Gasteiger partial charge on any atom is 0.347 e. The lowest BCUT2D eigenvalue weighted by molar-refractivity contribution is -0.386. The predicted molar refractivity (Wildman–Crippen MR) is 143 cm³/mol. The van der Waals surface area contributed by atoms with Gasteiger partial charge in [-0.25, -0.2) is 9.78 Å². The number of hydrogen-bond donors (Lipinski definition) is 0. The molecule has 3 aromatic rings. The number of fused-ring (bicyclic) bond motifs is 1. The summed E-state index contributed by atoms with van der Waals surface area (Å²) < 4.78 is 12.9. The fourth-order valence-corrected chi connectivity index (χ4v) is 4.17. The maximum absolute atomic E-state index is 13.4. The van der Waals surface area contributed by atoms with Gasteiger partial charge in [0, 0.05) is 26.5 Å². The minimum atomic E-state index is -1.12. The van der Waals surface area contributed by atoms with Crippen LogP contribution in [0.4, 0.5) is 5.69 Å². The summed E-state index contributed by atoms with van der Waals surface area (Å²) in [5, 5.41) is 16.5. The highest BCUT2D eigenvalue weighted by Crippen LogP contribution is 2.35. The summed E-state index contributed by atoms with van der Waals surface area (Å²) in [6.45, 7) is 7.11. The minimum Gasteiger partial charge on any atom is -0.471 e. The summed E-state index contributed by atoms with van der Waals surface area (Å²) in [5.41, 5.74) is -0.0457. The Morgan fingerprint density at radius 1 is 1.22 bits per heavy atom. The first kappa shape index (κ1) is 27.5. The van der Waals surface area contributed by atoms with Crippen LogP contribution < -0.4 is 10.3 Å². The Bertz CT molecular complexity index is 1410. The first-order valence-corrected chi connectivity index (χ1v) is 12.7. The van der Waals surface area contributed by atoms with E-state index in [0.29, 0.717) is 32.1 Å². The summed E-state index contributed by atoms with van der Waals surface area (Å²) in [6, 6.07) is 8.02. The monoisotopic (exact) mass is 622 g/mol. The highest BCUT2D eigenvalue weighted by atomic mass is 79.9. The van der Waals surface area contributed by atoms with Crippen LogP contribution in [-0.4, -0.2) is 39.5 Å². The second kappa shape index (κ2) is 11.7. The Labute approximate surface area is 223 Å². The summed E-state index contributed by atoms with van der Waals surface area (Å²) in [7, 11) is 0. The number of rotatable bonds is 9. The Balaban J connectivity index is 2.20. The van der Waals surface area contributed by atoms with Gasteiger partial charge >= 0.3 is 11.7 Å². The van der Waals surface area contributed by atoms with Crippen LogP contribution in [0.25, 0.3) is 10.9 Å². The molecule has 0 unspecified atom stereocenters. The number of benzene rings is 2. The minimum absolute atomic E-state index is 0.0979. The van der Waals surface area contributed by atoms with E-state index in [1.165, 1.54) is 23.9 Å². The third-order valence-electron chi connectivity index (χ3n) is 5.37. The van der Waals surface area contributed by atoms with Gasteiger partial charge in [-0.05, 0) is 44.5 Å². The zero-order valence-corrected chi connectivity index (χ0v) is 23.2. The smallest absolute Gasteiger partial charge is 0.347 e. The predicted octanol–water partition coefficient (Wildman–Crippen LogP) is 5.56. The average Bonchev–Trinajstić information content (AvgIpc) is 2.84. The van der Waals surface area contributed by atoms with E-state index in [4.69, 9.17) is 9.47 Å². The largest absolute Gasteiger partial charge is 0.471 e. The van der Waals surface area contributed by atoms with Gasteiger partial charge in [-0.1, -0.05) is 45.7 Å². The normalized spacial score (nSPS) is 13.1. The van der Waals surface area contributed by atoms with Crippen molar-refractivity contribution < 1.29 is 19.2 Å². The molecule has 0 N–H and O–H groups in total. The maximum atomic E-state index is 13.4. The number of esters is 1. The Morgan fingerprint density at radius 3 is 2.58 bits per heavy atom. The zero-order chi connectivity index (χ0) is 26.6. The molecule has 1 aromatic heterocycles. The fourth-order valence-electron chi connectivity index (χ4n) is 3.34. The average molecular weight is 624 g/mol. The SMILES string of the molecule is CCOC(=O)[C@@H](C)Oc1c(C=Nn2c([C@H](C)CC)nc3ccc(Br)cc3c2=O)cc(Br)cc1[N+](=O)[O-]. The zero-order valence-electron chi connectivity index (χ0n) is 20.0. The summed E-state index contributed by atoms with van der Waals surface area (Å²) in [5.74, 6) is -0.501. The molecule has 3 rings (SSSR count). The van der Waals surface area contributed by atoms with Gasteiger partial charge in [0.05, 0.1) is 28.6 Å². The molecule has 36 heavy (non-hydrogen) atoms. The van der Waals surface area contributed by atoms with Crippen molar-refractivity contribution in [2.75, 3.05) is 6.61 Å². The number of nitro groups is 1. The molecule has 0 bridgehead atoms. The van der Waals surface area contributed by atoms with Crippen molar-refractivity contribution >= 4 is 60.6 Å². The molecular formula is C24H24Br2N4O6. The van der Waals surface area contributed by atoms with Crippen molar-refractivity contribution in [3.63, 3.8) is 0 Å². The molecule has 2 aromatic carbocycles. The van der Waals surface area contributed by atoms with Gasteiger partial charge in [0.1, 0.15) is 5.82 Å². The van der Waals surface area contributed by atoms with E-state index in [0.717, 1.165) is 0 Å². The Morgan fingerprint density at radius 2 is 1.94 bits per heavy atom. The molecule has 0 spiro atoms. The topological polar surface area (TPSA) is 126 Å². The van der Waals surface area contributed by atoms with E-state index in [2.05, 4.69) is 41.9 Å². The van der Waals surface area contributed by atoms with E-state index in [9.17, 15) is 19.7 Å². The molecule has 2 atom stereocenters. The number of nitrogens with zero attached hydrogens (tertiary/aromatic N) is 4. The summed E-state index contributed by atoms with van der Waals surface area (Å²) >= 11 is 6.64. The lowest BCUT2D eigenvalue weighted by Crippen LogP contribution is -2.27. The van der Waals surface area contributed by atoms with Gasteiger partial charge < -0.3 is 9.47 Å². The second-order valence-electron chi connectivity index (χ2n) is 7.91. The van der Waals surface area contributed by atoms with E-state index < -0.39 is 17.0 Å². The first-order valence-electron chi connectivity index (χ1n) is 11.1. The van der Waals surface area contributed by atoms with Crippen LogP contribution in [0.15, 0.2) is 49.2 Å². The third kappa shape index (κ3) is 5.98. The number of nitro benzene ring substituents is 1.